The smallest absolute Gasteiger partial charge is 0.269 e. The molecule has 1 rings (SSSR count). The number of non-ortho nitro benzene ring substituents is 1. The van der Waals surface area contributed by atoms with E-state index in [2.05, 4.69) is 0 Å². The number of carbonyl (C=O) groups excluding carboxylic acids is 2. The molecule has 0 aliphatic rings. The molecule has 0 fully saturated rings. The topological polar surface area (TPSA) is 77.3 Å². The molecule has 0 bridgehead atoms. The van der Waals surface area contributed by atoms with Crippen LogP contribution in [0.5, 0.6) is 0 Å². The van der Waals surface area contributed by atoms with Crippen LogP contribution in [-0.2, 0) is 16.0 Å². The van der Waals surface area contributed by atoms with Gasteiger partial charge in [-0.25, -0.2) is 0 Å². The minimum absolute atomic E-state index is 0.0153. The predicted molar refractivity (Wildman–Crippen MR) is 61.7 cm³/mol. The minimum atomic E-state index is -0.471. The molecule has 0 amide bonds. The van der Waals surface area contributed by atoms with Crippen LogP contribution in [0.3, 0.4) is 0 Å². The zero-order valence-corrected chi connectivity index (χ0v) is 9.51. The van der Waals surface area contributed by atoms with Crippen molar-refractivity contribution in [3.05, 3.63) is 39.9 Å². The Bertz CT molecular complexity index is 454. The maximum absolute atomic E-state index is 11.3. The van der Waals surface area contributed by atoms with Gasteiger partial charge in [0.25, 0.3) is 5.69 Å². The standard InChI is InChI=1S/C12H13NO4/c1-9(14)7-12(15)6-5-10-3-2-4-11(8-10)13(16)17/h2-4,8H,5-7H2,1H3. The normalized spacial score (nSPS) is 9.94. The Labute approximate surface area is 98.6 Å². The van der Waals surface area contributed by atoms with Crippen molar-refractivity contribution in [2.75, 3.05) is 0 Å². The lowest BCUT2D eigenvalue weighted by Crippen LogP contribution is -2.05. The van der Waals surface area contributed by atoms with Crippen LogP contribution in [0.2, 0.25) is 0 Å². The zero-order chi connectivity index (χ0) is 12.8. The lowest BCUT2D eigenvalue weighted by molar-refractivity contribution is -0.384. The second-order valence-corrected chi connectivity index (χ2v) is 3.84. The monoisotopic (exact) mass is 235 g/mol. The minimum Gasteiger partial charge on any atom is -0.300 e. The zero-order valence-electron chi connectivity index (χ0n) is 9.51. The molecular weight excluding hydrogens is 222 g/mol. The van der Waals surface area contributed by atoms with E-state index >= 15 is 0 Å². The highest BCUT2D eigenvalue weighted by atomic mass is 16.6. The van der Waals surface area contributed by atoms with Gasteiger partial charge in [0, 0.05) is 18.6 Å². The number of ketones is 2. The molecule has 90 valence electrons. The van der Waals surface area contributed by atoms with Crippen LogP contribution >= 0.6 is 0 Å². The SMILES string of the molecule is CC(=O)CC(=O)CCc1cccc([N+](=O)[O-])c1. The summed E-state index contributed by atoms with van der Waals surface area (Å²) in [6.07, 6.45) is 0.601. The average molecular weight is 235 g/mol. The van der Waals surface area contributed by atoms with Crippen molar-refractivity contribution in [2.45, 2.75) is 26.2 Å². The average Bonchev–Trinajstić information content (AvgIpc) is 2.26. The van der Waals surface area contributed by atoms with E-state index in [1.807, 2.05) is 0 Å². The number of hydrogen-bond acceptors (Lipinski definition) is 4. The van der Waals surface area contributed by atoms with Crippen LogP contribution in [0.4, 0.5) is 5.69 Å². The second-order valence-electron chi connectivity index (χ2n) is 3.84. The van der Waals surface area contributed by atoms with Gasteiger partial charge in [-0.05, 0) is 18.9 Å². The number of benzene rings is 1. The number of hydrogen-bond donors (Lipinski definition) is 0. The van der Waals surface area contributed by atoms with E-state index in [0.717, 1.165) is 5.56 Å². The highest BCUT2D eigenvalue weighted by Crippen LogP contribution is 2.14. The van der Waals surface area contributed by atoms with Crippen molar-refractivity contribution in [3.63, 3.8) is 0 Å². The molecule has 1 aromatic carbocycles. The first-order valence-electron chi connectivity index (χ1n) is 5.23. The maximum Gasteiger partial charge on any atom is 0.269 e. The van der Waals surface area contributed by atoms with Crippen molar-refractivity contribution in [1.29, 1.82) is 0 Å². The van der Waals surface area contributed by atoms with Gasteiger partial charge < -0.3 is 0 Å². The molecule has 0 aromatic heterocycles. The second kappa shape index (κ2) is 5.89. The van der Waals surface area contributed by atoms with Gasteiger partial charge in [0.15, 0.2) is 0 Å². The van der Waals surface area contributed by atoms with Crippen LogP contribution in [0.1, 0.15) is 25.3 Å². The Balaban J connectivity index is 2.57. The lowest BCUT2D eigenvalue weighted by Gasteiger charge is -2.00. The van der Waals surface area contributed by atoms with Gasteiger partial charge in [0.05, 0.1) is 11.3 Å². The number of nitro groups is 1. The van der Waals surface area contributed by atoms with E-state index in [1.165, 1.54) is 19.1 Å². The van der Waals surface area contributed by atoms with Gasteiger partial charge in [0.1, 0.15) is 11.6 Å². The Morgan fingerprint density at radius 2 is 2.06 bits per heavy atom. The highest BCUT2D eigenvalue weighted by Gasteiger charge is 2.08. The quantitative estimate of drug-likeness (QED) is 0.429. The molecule has 0 unspecified atom stereocenters. The summed E-state index contributed by atoms with van der Waals surface area (Å²) in [4.78, 5) is 32.0. The Morgan fingerprint density at radius 3 is 2.65 bits per heavy atom. The number of rotatable bonds is 6. The van der Waals surface area contributed by atoms with Crippen molar-refractivity contribution in [3.8, 4) is 0 Å². The van der Waals surface area contributed by atoms with Gasteiger partial charge in [-0.2, -0.15) is 0 Å². The predicted octanol–water partition coefficient (Wildman–Crippen LogP) is 2.08. The summed E-state index contributed by atoms with van der Waals surface area (Å²) in [6, 6.07) is 6.17. The Hall–Kier alpha value is -2.04. The van der Waals surface area contributed by atoms with E-state index in [-0.39, 0.29) is 30.1 Å². The third-order valence-electron chi connectivity index (χ3n) is 2.26. The molecule has 5 nitrogen and oxygen atoms in total. The van der Waals surface area contributed by atoms with Crippen molar-refractivity contribution in [2.24, 2.45) is 0 Å². The van der Waals surface area contributed by atoms with E-state index < -0.39 is 4.92 Å². The molecule has 0 N–H and O–H groups in total. The molecule has 5 heteroatoms. The summed E-state index contributed by atoms with van der Waals surface area (Å²) >= 11 is 0. The molecule has 0 aliphatic carbocycles. The molecule has 0 aliphatic heterocycles. The first-order chi connectivity index (χ1) is 7.99. The van der Waals surface area contributed by atoms with E-state index in [1.54, 1.807) is 12.1 Å². The summed E-state index contributed by atoms with van der Waals surface area (Å²) < 4.78 is 0. The highest BCUT2D eigenvalue weighted by molar-refractivity contribution is 5.97. The first-order valence-corrected chi connectivity index (χ1v) is 5.23. The van der Waals surface area contributed by atoms with Crippen LogP contribution < -0.4 is 0 Å². The molecule has 0 spiro atoms. The summed E-state index contributed by atoms with van der Waals surface area (Å²) in [6.45, 7) is 1.37. The fourth-order valence-corrected chi connectivity index (χ4v) is 1.48. The van der Waals surface area contributed by atoms with E-state index in [0.29, 0.717) is 6.42 Å². The van der Waals surface area contributed by atoms with Crippen LogP contribution in [0, 0.1) is 10.1 Å². The van der Waals surface area contributed by atoms with E-state index in [4.69, 9.17) is 0 Å². The Kier molecular flexibility index (Phi) is 4.51. The number of nitrogens with zero attached hydrogens (tertiary/aromatic N) is 1. The first kappa shape index (κ1) is 13.0. The van der Waals surface area contributed by atoms with Gasteiger partial charge in [-0.1, -0.05) is 12.1 Å². The van der Waals surface area contributed by atoms with Crippen LogP contribution in [-0.4, -0.2) is 16.5 Å². The summed E-state index contributed by atoms with van der Waals surface area (Å²) in [5.74, 6) is -0.293. The summed E-state index contributed by atoms with van der Waals surface area (Å²) in [7, 11) is 0. The third kappa shape index (κ3) is 4.55. The van der Waals surface area contributed by atoms with Gasteiger partial charge >= 0.3 is 0 Å². The summed E-state index contributed by atoms with van der Waals surface area (Å²) in [5, 5.41) is 10.5. The van der Waals surface area contributed by atoms with Crippen LogP contribution in [0.25, 0.3) is 0 Å². The van der Waals surface area contributed by atoms with Crippen molar-refractivity contribution in [1.82, 2.24) is 0 Å². The Morgan fingerprint density at radius 1 is 1.35 bits per heavy atom. The molecule has 0 saturated heterocycles. The molecule has 0 saturated carbocycles. The third-order valence-corrected chi connectivity index (χ3v) is 2.26. The number of carbonyl (C=O) groups is 2. The fraction of sp³-hybridized carbons (Fsp3) is 0.333. The molecule has 0 atom stereocenters. The van der Waals surface area contributed by atoms with E-state index in [9.17, 15) is 19.7 Å². The fourth-order valence-electron chi connectivity index (χ4n) is 1.48. The molecule has 17 heavy (non-hydrogen) atoms. The largest absolute Gasteiger partial charge is 0.300 e. The van der Waals surface area contributed by atoms with Crippen molar-refractivity contribution >= 4 is 17.3 Å². The maximum atomic E-state index is 11.3. The number of Topliss-reactive ketones (excluding diaryl/α,β-unsaturated/α-hetero) is 2. The molecule has 0 heterocycles. The van der Waals surface area contributed by atoms with Crippen molar-refractivity contribution < 1.29 is 14.5 Å². The number of nitro benzene ring substituents is 1. The summed E-state index contributed by atoms with van der Waals surface area (Å²) in [5.41, 5.74) is 0.748. The lowest BCUT2D eigenvalue weighted by atomic mass is 10.0. The van der Waals surface area contributed by atoms with Gasteiger partial charge in [-0.15, -0.1) is 0 Å². The molecule has 0 radical (unpaired) electrons. The van der Waals surface area contributed by atoms with Crippen LogP contribution in [0.15, 0.2) is 24.3 Å². The van der Waals surface area contributed by atoms with Gasteiger partial charge in [-0.3, -0.25) is 19.7 Å². The number of aryl methyl sites for hydroxylation is 1. The van der Waals surface area contributed by atoms with Gasteiger partial charge in [0.2, 0.25) is 0 Å². The molecular formula is C12H13NO4. The molecule has 1 aromatic rings.